The summed E-state index contributed by atoms with van der Waals surface area (Å²) in [4.78, 5) is 18.1. The summed E-state index contributed by atoms with van der Waals surface area (Å²) in [5.41, 5.74) is 3.94. The summed E-state index contributed by atoms with van der Waals surface area (Å²) in [6.45, 7) is 2.74. The van der Waals surface area contributed by atoms with E-state index in [-0.39, 0.29) is 11.7 Å². The van der Waals surface area contributed by atoms with Gasteiger partial charge in [-0.1, -0.05) is 72.3 Å². The van der Waals surface area contributed by atoms with Gasteiger partial charge in [0.1, 0.15) is 12.1 Å². The number of nitrogens with zero attached hydrogens (tertiary/aromatic N) is 1. The quantitative estimate of drug-likeness (QED) is 0.149. The topological polar surface area (TPSA) is 61.6 Å². The zero-order chi connectivity index (χ0) is 25.6. The number of hydrogen-bond donors (Lipinski definition) is 0. The van der Waals surface area contributed by atoms with Crippen LogP contribution in [0.2, 0.25) is 5.02 Å². The zero-order valence-electron chi connectivity index (χ0n) is 20.2. The van der Waals surface area contributed by atoms with Crippen molar-refractivity contribution in [3.63, 3.8) is 0 Å². The lowest BCUT2D eigenvalue weighted by Crippen LogP contribution is -2.03. The minimum atomic E-state index is -0.187. The highest BCUT2D eigenvalue weighted by Crippen LogP contribution is 2.32. The Morgan fingerprint density at radius 1 is 0.892 bits per heavy atom. The van der Waals surface area contributed by atoms with Gasteiger partial charge in [-0.3, -0.25) is 4.79 Å². The van der Waals surface area contributed by atoms with E-state index in [0.29, 0.717) is 52.0 Å². The third-order valence-corrected chi connectivity index (χ3v) is 5.94. The fourth-order valence-electron chi connectivity index (χ4n) is 3.87. The van der Waals surface area contributed by atoms with Crippen LogP contribution in [0.5, 0.6) is 11.5 Å². The first-order chi connectivity index (χ1) is 18.1. The van der Waals surface area contributed by atoms with Crippen molar-refractivity contribution in [1.82, 2.24) is 4.98 Å². The number of ether oxygens (including phenoxy) is 2. The molecule has 1 aromatic heterocycles. The zero-order valence-corrected chi connectivity index (χ0v) is 20.9. The van der Waals surface area contributed by atoms with Crippen molar-refractivity contribution in [2.75, 3.05) is 6.61 Å². The first-order valence-corrected chi connectivity index (χ1v) is 12.3. The molecule has 1 heterocycles. The monoisotopic (exact) mass is 509 g/mol. The van der Waals surface area contributed by atoms with Gasteiger partial charge in [-0.15, -0.1) is 0 Å². The van der Waals surface area contributed by atoms with Crippen LogP contribution in [0, 0.1) is 0 Å². The summed E-state index contributed by atoms with van der Waals surface area (Å²) < 4.78 is 17.9. The van der Waals surface area contributed by atoms with Crippen molar-refractivity contribution in [3.8, 4) is 11.5 Å². The number of hydrogen-bond acceptors (Lipinski definition) is 5. The number of allylic oxidation sites excluding steroid dienone is 1. The van der Waals surface area contributed by atoms with Gasteiger partial charge in [0.25, 0.3) is 0 Å². The molecule has 5 rings (SSSR count). The van der Waals surface area contributed by atoms with Crippen LogP contribution >= 0.6 is 11.6 Å². The lowest BCUT2D eigenvalue weighted by atomic mass is 10.0. The number of fused-ring (bicyclic) bond motifs is 1. The fourth-order valence-corrected chi connectivity index (χ4v) is 3.99. The van der Waals surface area contributed by atoms with Crippen molar-refractivity contribution in [2.45, 2.75) is 13.5 Å². The molecule has 0 aliphatic rings. The van der Waals surface area contributed by atoms with Crippen LogP contribution in [-0.4, -0.2) is 17.4 Å². The third kappa shape index (κ3) is 5.74. The van der Waals surface area contributed by atoms with Crippen LogP contribution in [0.1, 0.15) is 34.3 Å². The number of para-hydroxylation sites is 2. The molecular formula is C31H24ClNO4. The Morgan fingerprint density at radius 3 is 2.41 bits per heavy atom. The highest BCUT2D eigenvalue weighted by molar-refractivity contribution is 6.31. The van der Waals surface area contributed by atoms with Gasteiger partial charge < -0.3 is 13.9 Å². The molecule has 5 nitrogen and oxygen atoms in total. The SMILES string of the molecule is CCOc1cc(C=C(C(=O)c2ccccc2)c2nc3ccccc3o2)ccc1OCc1ccc(Cl)cc1. The lowest BCUT2D eigenvalue weighted by molar-refractivity contribution is 0.105. The Bertz CT molecular complexity index is 1520. The summed E-state index contributed by atoms with van der Waals surface area (Å²) in [6.07, 6.45) is 1.77. The number of ketones is 1. The first-order valence-electron chi connectivity index (χ1n) is 11.9. The standard InChI is InChI=1S/C31H24ClNO4/c1-2-35-29-19-22(14-17-28(29)36-20-21-12-15-24(32)16-13-21)18-25(30(34)23-8-4-3-5-9-23)31-33-26-10-6-7-11-27(26)37-31/h3-19H,2,20H2,1H3. The van der Waals surface area contributed by atoms with Crippen molar-refractivity contribution in [3.05, 3.63) is 125 Å². The number of aromatic nitrogens is 1. The second-order valence-corrected chi connectivity index (χ2v) is 8.73. The Kier molecular flexibility index (Phi) is 7.33. The Morgan fingerprint density at radius 2 is 1.65 bits per heavy atom. The van der Waals surface area contributed by atoms with E-state index in [1.807, 2.05) is 91.9 Å². The average molecular weight is 510 g/mol. The predicted octanol–water partition coefficient (Wildman–Crippen LogP) is 7.88. The van der Waals surface area contributed by atoms with Crippen LogP contribution in [0.3, 0.4) is 0 Å². The molecule has 0 bridgehead atoms. The molecule has 0 aliphatic heterocycles. The minimum absolute atomic E-state index is 0.187. The van der Waals surface area contributed by atoms with E-state index in [1.54, 1.807) is 18.2 Å². The highest BCUT2D eigenvalue weighted by atomic mass is 35.5. The molecule has 0 atom stereocenters. The molecule has 0 saturated carbocycles. The van der Waals surface area contributed by atoms with Crippen LogP contribution in [0.15, 0.2) is 101 Å². The van der Waals surface area contributed by atoms with Gasteiger partial charge in [0.05, 0.1) is 12.2 Å². The van der Waals surface area contributed by atoms with Gasteiger partial charge in [0.15, 0.2) is 22.9 Å². The molecule has 0 aliphatic carbocycles. The minimum Gasteiger partial charge on any atom is -0.490 e. The van der Waals surface area contributed by atoms with E-state index >= 15 is 0 Å². The second-order valence-electron chi connectivity index (χ2n) is 8.29. The predicted molar refractivity (Wildman–Crippen MR) is 146 cm³/mol. The van der Waals surface area contributed by atoms with Crippen molar-refractivity contribution in [2.24, 2.45) is 0 Å². The van der Waals surface area contributed by atoms with Gasteiger partial charge in [-0.05, 0) is 60.5 Å². The Hall–Kier alpha value is -4.35. The maximum absolute atomic E-state index is 13.6. The number of carbonyl (C=O) groups excluding carboxylic acids is 1. The maximum atomic E-state index is 13.6. The lowest BCUT2D eigenvalue weighted by Gasteiger charge is -2.13. The molecule has 0 saturated heterocycles. The Labute approximate surface area is 219 Å². The molecule has 4 aromatic carbocycles. The average Bonchev–Trinajstić information content (AvgIpc) is 3.36. The smallest absolute Gasteiger partial charge is 0.231 e. The van der Waals surface area contributed by atoms with Crippen molar-refractivity contribution in [1.29, 1.82) is 0 Å². The fraction of sp³-hybridized carbons (Fsp3) is 0.0968. The molecule has 0 fully saturated rings. The summed E-state index contributed by atoms with van der Waals surface area (Å²) in [5.74, 6) is 1.25. The number of oxazole rings is 1. The number of rotatable bonds is 9. The third-order valence-electron chi connectivity index (χ3n) is 5.69. The number of benzene rings is 4. The van der Waals surface area contributed by atoms with Crippen molar-refractivity contribution < 1.29 is 18.7 Å². The number of Topliss-reactive ketones (excluding diaryl/α,β-unsaturated/α-hetero) is 1. The molecule has 184 valence electrons. The van der Waals surface area contributed by atoms with E-state index in [1.165, 1.54) is 0 Å². The van der Waals surface area contributed by atoms with Crippen LogP contribution in [0.4, 0.5) is 0 Å². The van der Waals surface area contributed by atoms with Gasteiger partial charge in [0, 0.05) is 10.6 Å². The van der Waals surface area contributed by atoms with Gasteiger partial charge in [-0.25, -0.2) is 4.98 Å². The molecule has 6 heteroatoms. The molecule has 5 aromatic rings. The summed E-state index contributed by atoms with van der Waals surface area (Å²) >= 11 is 5.98. The first kappa shape index (κ1) is 24.3. The van der Waals surface area contributed by atoms with E-state index < -0.39 is 0 Å². The van der Waals surface area contributed by atoms with Crippen LogP contribution in [-0.2, 0) is 6.61 Å². The Balaban J connectivity index is 1.51. The number of halogens is 1. The summed E-state index contributed by atoms with van der Waals surface area (Å²) in [7, 11) is 0. The molecule has 0 unspecified atom stereocenters. The molecule has 0 spiro atoms. The number of carbonyl (C=O) groups is 1. The van der Waals surface area contributed by atoms with Crippen LogP contribution < -0.4 is 9.47 Å². The van der Waals surface area contributed by atoms with Gasteiger partial charge >= 0.3 is 0 Å². The summed E-state index contributed by atoms with van der Waals surface area (Å²) in [6, 6.07) is 29.6. The van der Waals surface area contributed by atoms with E-state index in [9.17, 15) is 4.79 Å². The van der Waals surface area contributed by atoms with Crippen molar-refractivity contribution >= 4 is 40.1 Å². The molecule has 0 amide bonds. The highest BCUT2D eigenvalue weighted by Gasteiger charge is 2.20. The summed E-state index contributed by atoms with van der Waals surface area (Å²) in [5, 5.41) is 0.676. The molecule has 37 heavy (non-hydrogen) atoms. The molecular weight excluding hydrogens is 486 g/mol. The van der Waals surface area contributed by atoms with E-state index in [0.717, 1.165) is 11.1 Å². The van der Waals surface area contributed by atoms with E-state index in [2.05, 4.69) is 4.98 Å². The molecule has 0 N–H and O–H groups in total. The van der Waals surface area contributed by atoms with Gasteiger partial charge in [-0.2, -0.15) is 0 Å². The normalized spacial score (nSPS) is 11.5. The second kappa shape index (κ2) is 11.1. The molecule has 0 radical (unpaired) electrons. The van der Waals surface area contributed by atoms with Gasteiger partial charge in [0.2, 0.25) is 5.89 Å². The maximum Gasteiger partial charge on any atom is 0.231 e. The van der Waals surface area contributed by atoms with Crippen LogP contribution in [0.25, 0.3) is 22.7 Å². The van der Waals surface area contributed by atoms with E-state index in [4.69, 9.17) is 25.5 Å². The largest absolute Gasteiger partial charge is 0.490 e.